The first-order chi connectivity index (χ1) is 8.45. The Balaban J connectivity index is 2.32. The summed E-state index contributed by atoms with van der Waals surface area (Å²) in [5.41, 5.74) is 5.79. The number of rotatable bonds is 3. The number of anilines is 1. The van der Waals surface area contributed by atoms with Crippen LogP contribution >= 0.6 is 15.9 Å². The Kier molecular flexibility index (Phi) is 3.54. The third kappa shape index (κ3) is 2.46. The summed E-state index contributed by atoms with van der Waals surface area (Å²) in [5, 5.41) is 11.1. The van der Waals surface area contributed by atoms with Gasteiger partial charge in [0.1, 0.15) is 0 Å². The number of nitro groups is 1. The van der Waals surface area contributed by atoms with E-state index < -0.39 is 4.92 Å². The fourth-order valence-corrected chi connectivity index (χ4v) is 2.49. The van der Waals surface area contributed by atoms with Crippen LogP contribution in [-0.2, 0) is 0 Å². The summed E-state index contributed by atoms with van der Waals surface area (Å²) in [5.74, 6) is 0.431. The molecule has 1 aromatic rings. The topological polar surface area (TPSA) is 85.3 Å². The van der Waals surface area contributed by atoms with Gasteiger partial charge in [0, 0.05) is 29.8 Å². The Labute approximate surface area is 113 Å². The highest BCUT2D eigenvalue weighted by molar-refractivity contribution is 9.10. The Morgan fingerprint density at radius 2 is 2.44 bits per heavy atom. The quantitative estimate of drug-likeness (QED) is 0.680. The SMILES string of the molecule is CC1(CN)CCN(c2ncc(Br)cc2[N+](=O)[O-])C1. The van der Waals surface area contributed by atoms with Crippen LogP contribution in [0.15, 0.2) is 16.7 Å². The lowest BCUT2D eigenvalue weighted by atomic mass is 9.90. The maximum atomic E-state index is 11.1. The first-order valence-corrected chi connectivity index (χ1v) is 6.49. The van der Waals surface area contributed by atoms with Crippen LogP contribution < -0.4 is 10.6 Å². The van der Waals surface area contributed by atoms with Crippen molar-refractivity contribution < 1.29 is 4.92 Å². The molecule has 1 atom stereocenters. The van der Waals surface area contributed by atoms with Gasteiger partial charge in [-0.25, -0.2) is 4.98 Å². The largest absolute Gasteiger partial charge is 0.350 e. The smallest absolute Gasteiger partial charge is 0.312 e. The van der Waals surface area contributed by atoms with Crippen LogP contribution in [0.1, 0.15) is 13.3 Å². The lowest BCUT2D eigenvalue weighted by Gasteiger charge is -2.22. The maximum absolute atomic E-state index is 11.1. The molecule has 0 bridgehead atoms. The van der Waals surface area contributed by atoms with Gasteiger partial charge in [0.25, 0.3) is 0 Å². The lowest BCUT2D eigenvalue weighted by molar-refractivity contribution is -0.384. The Morgan fingerprint density at radius 1 is 1.72 bits per heavy atom. The standard InChI is InChI=1S/C11H15BrN4O2/c1-11(6-13)2-3-15(7-11)10-9(16(17)18)4-8(12)5-14-10/h4-5H,2-3,6-7,13H2,1H3. The average Bonchev–Trinajstić information content (AvgIpc) is 2.72. The van der Waals surface area contributed by atoms with Crippen LogP contribution in [0.2, 0.25) is 0 Å². The normalized spacial score (nSPS) is 23.4. The number of halogens is 1. The van der Waals surface area contributed by atoms with Crippen LogP contribution in [-0.4, -0.2) is 29.5 Å². The van der Waals surface area contributed by atoms with Crippen LogP contribution in [0.5, 0.6) is 0 Å². The molecule has 6 nitrogen and oxygen atoms in total. The first kappa shape index (κ1) is 13.2. The number of nitrogens with zero attached hydrogens (tertiary/aromatic N) is 3. The average molecular weight is 315 g/mol. The molecule has 0 aromatic carbocycles. The molecule has 1 fully saturated rings. The molecule has 2 rings (SSSR count). The van der Waals surface area contributed by atoms with Crippen LogP contribution in [0.25, 0.3) is 0 Å². The molecule has 0 aliphatic carbocycles. The summed E-state index contributed by atoms with van der Waals surface area (Å²) < 4.78 is 0.610. The molecular formula is C11H15BrN4O2. The van der Waals surface area contributed by atoms with Gasteiger partial charge in [-0.3, -0.25) is 10.1 Å². The van der Waals surface area contributed by atoms with E-state index in [9.17, 15) is 10.1 Å². The highest BCUT2D eigenvalue weighted by atomic mass is 79.9. The molecule has 1 unspecified atom stereocenters. The fraction of sp³-hybridized carbons (Fsp3) is 0.545. The van der Waals surface area contributed by atoms with Crippen molar-refractivity contribution in [3.8, 4) is 0 Å². The van der Waals surface area contributed by atoms with Crippen molar-refractivity contribution in [2.24, 2.45) is 11.1 Å². The van der Waals surface area contributed by atoms with Crippen molar-refractivity contribution in [2.45, 2.75) is 13.3 Å². The van der Waals surface area contributed by atoms with E-state index in [1.165, 1.54) is 6.07 Å². The summed E-state index contributed by atoms with van der Waals surface area (Å²) in [4.78, 5) is 16.8. The Bertz CT molecular complexity index is 482. The first-order valence-electron chi connectivity index (χ1n) is 5.70. The number of nitrogens with two attached hydrogens (primary N) is 1. The van der Waals surface area contributed by atoms with E-state index in [-0.39, 0.29) is 11.1 Å². The van der Waals surface area contributed by atoms with Crippen molar-refractivity contribution in [3.63, 3.8) is 0 Å². The molecule has 2 heterocycles. The van der Waals surface area contributed by atoms with Gasteiger partial charge in [0.15, 0.2) is 0 Å². The van der Waals surface area contributed by atoms with E-state index >= 15 is 0 Å². The molecule has 1 aliphatic heterocycles. The van der Waals surface area contributed by atoms with Gasteiger partial charge < -0.3 is 10.6 Å². The van der Waals surface area contributed by atoms with E-state index in [1.54, 1.807) is 6.20 Å². The predicted molar refractivity (Wildman–Crippen MR) is 72.6 cm³/mol. The van der Waals surface area contributed by atoms with E-state index in [2.05, 4.69) is 27.8 Å². The van der Waals surface area contributed by atoms with Crippen molar-refractivity contribution in [3.05, 3.63) is 26.9 Å². The summed E-state index contributed by atoms with van der Waals surface area (Å²) in [6, 6.07) is 1.49. The van der Waals surface area contributed by atoms with E-state index in [0.29, 0.717) is 23.4 Å². The molecular weight excluding hydrogens is 300 g/mol. The summed E-state index contributed by atoms with van der Waals surface area (Å²) in [6.45, 7) is 4.13. The molecule has 1 saturated heterocycles. The number of hydrogen-bond acceptors (Lipinski definition) is 5. The zero-order valence-electron chi connectivity index (χ0n) is 10.1. The zero-order valence-corrected chi connectivity index (χ0v) is 11.7. The van der Waals surface area contributed by atoms with Crippen LogP contribution in [0.4, 0.5) is 11.5 Å². The number of aromatic nitrogens is 1. The molecule has 18 heavy (non-hydrogen) atoms. The highest BCUT2D eigenvalue weighted by Crippen LogP contribution is 2.36. The van der Waals surface area contributed by atoms with E-state index in [0.717, 1.165) is 13.0 Å². The van der Waals surface area contributed by atoms with Crippen molar-refractivity contribution in [1.29, 1.82) is 0 Å². The molecule has 7 heteroatoms. The van der Waals surface area contributed by atoms with Gasteiger partial charge in [-0.05, 0) is 34.3 Å². The lowest BCUT2D eigenvalue weighted by Crippen LogP contribution is -2.31. The molecule has 0 saturated carbocycles. The predicted octanol–water partition coefficient (Wildman–Crippen LogP) is 1.93. The van der Waals surface area contributed by atoms with Gasteiger partial charge in [-0.2, -0.15) is 0 Å². The van der Waals surface area contributed by atoms with Gasteiger partial charge in [0.05, 0.1) is 4.92 Å². The van der Waals surface area contributed by atoms with Crippen molar-refractivity contribution >= 4 is 27.4 Å². The summed E-state index contributed by atoms with van der Waals surface area (Å²) >= 11 is 3.20. The minimum absolute atomic E-state index is 0.0165. The third-order valence-electron chi connectivity index (χ3n) is 3.36. The van der Waals surface area contributed by atoms with Gasteiger partial charge in [-0.15, -0.1) is 0 Å². The minimum atomic E-state index is -0.398. The maximum Gasteiger partial charge on any atom is 0.312 e. The third-order valence-corrected chi connectivity index (χ3v) is 3.79. The molecule has 0 spiro atoms. The minimum Gasteiger partial charge on any atom is -0.350 e. The highest BCUT2D eigenvalue weighted by Gasteiger charge is 2.35. The van der Waals surface area contributed by atoms with Gasteiger partial charge in [0.2, 0.25) is 5.82 Å². The molecule has 0 radical (unpaired) electrons. The van der Waals surface area contributed by atoms with E-state index in [4.69, 9.17) is 5.73 Å². The molecule has 98 valence electrons. The second-order valence-corrected chi connectivity index (χ2v) is 5.86. The second kappa shape index (κ2) is 4.81. The molecule has 2 N–H and O–H groups in total. The van der Waals surface area contributed by atoms with Crippen LogP contribution in [0.3, 0.4) is 0 Å². The fourth-order valence-electron chi connectivity index (χ4n) is 2.17. The van der Waals surface area contributed by atoms with Gasteiger partial charge >= 0.3 is 5.69 Å². The Hall–Kier alpha value is -1.21. The zero-order chi connectivity index (χ0) is 13.3. The number of hydrogen-bond donors (Lipinski definition) is 1. The Morgan fingerprint density at radius 3 is 3.00 bits per heavy atom. The molecule has 1 aliphatic rings. The second-order valence-electron chi connectivity index (χ2n) is 4.94. The molecule has 1 aromatic heterocycles. The van der Waals surface area contributed by atoms with Crippen molar-refractivity contribution in [1.82, 2.24) is 4.98 Å². The monoisotopic (exact) mass is 314 g/mol. The summed E-state index contributed by atoms with van der Waals surface area (Å²) in [6.07, 6.45) is 2.51. The number of pyridine rings is 1. The molecule has 0 amide bonds. The van der Waals surface area contributed by atoms with Gasteiger partial charge in [-0.1, -0.05) is 6.92 Å². The summed E-state index contributed by atoms with van der Waals surface area (Å²) in [7, 11) is 0. The van der Waals surface area contributed by atoms with Crippen LogP contribution in [0, 0.1) is 15.5 Å². The van der Waals surface area contributed by atoms with E-state index in [1.807, 2.05) is 4.90 Å². The van der Waals surface area contributed by atoms with Crippen molar-refractivity contribution in [2.75, 3.05) is 24.5 Å².